The third-order valence-corrected chi connectivity index (χ3v) is 5.62. The number of pyridine rings is 2. The monoisotopic (exact) mass is 377 g/mol. The Morgan fingerprint density at radius 3 is 2.75 bits per heavy atom. The Labute approximate surface area is 162 Å². The minimum absolute atomic E-state index is 0.0988. The summed E-state index contributed by atoms with van der Waals surface area (Å²) in [6.07, 6.45) is 2.65. The van der Waals surface area contributed by atoms with Gasteiger partial charge < -0.3 is 15.4 Å². The van der Waals surface area contributed by atoms with Crippen LogP contribution in [0.15, 0.2) is 47.4 Å². The van der Waals surface area contributed by atoms with E-state index in [4.69, 9.17) is 0 Å². The second-order valence-corrected chi connectivity index (χ2v) is 7.62. The van der Waals surface area contributed by atoms with E-state index in [0.29, 0.717) is 12.8 Å². The molecule has 0 aliphatic heterocycles. The summed E-state index contributed by atoms with van der Waals surface area (Å²) in [4.78, 5) is 32.4. The van der Waals surface area contributed by atoms with Crippen molar-refractivity contribution in [2.24, 2.45) is 5.92 Å². The number of nitrogens with zero attached hydrogens (tertiary/aromatic N) is 1. The number of nitrogens with one attached hydrogen (secondary N) is 2. The summed E-state index contributed by atoms with van der Waals surface area (Å²) in [6.45, 7) is 3.66. The molecule has 0 radical (unpaired) electrons. The van der Waals surface area contributed by atoms with Crippen molar-refractivity contribution in [3.8, 4) is 0 Å². The molecule has 0 spiro atoms. The molecule has 4 rings (SSSR count). The number of amides is 1. The van der Waals surface area contributed by atoms with Crippen LogP contribution in [-0.4, -0.2) is 27.1 Å². The molecular formula is C22H23N3O3. The van der Waals surface area contributed by atoms with Crippen LogP contribution in [0.4, 0.5) is 0 Å². The third kappa shape index (κ3) is 3.43. The number of rotatable bonds is 4. The molecule has 2 heterocycles. The van der Waals surface area contributed by atoms with Crippen LogP contribution in [-0.2, 0) is 0 Å². The Balaban J connectivity index is 1.67. The van der Waals surface area contributed by atoms with Crippen molar-refractivity contribution in [3.63, 3.8) is 0 Å². The lowest BCUT2D eigenvalue weighted by molar-refractivity contribution is 0.0235. The summed E-state index contributed by atoms with van der Waals surface area (Å²) in [5.74, 6) is -0.309. The van der Waals surface area contributed by atoms with Crippen molar-refractivity contribution in [1.29, 1.82) is 0 Å². The van der Waals surface area contributed by atoms with Crippen molar-refractivity contribution in [3.05, 3.63) is 75.3 Å². The van der Waals surface area contributed by atoms with E-state index < -0.39 is 11.5 Å². The van der Waals surface area contributed by atoms with Crippen LogP contribution >= 0.6 is 0 Å². The SMILES string of the molecule is Cc1cc(C(=O)NC(c2cnc3ccccc3c2)C2CC(O)C2)c(=O)[nH]c1C. The lowest BCUT2D eigenvalue weighted by atomic mass is 9.75. The molecule has 1 aromatic carbocycles. The first-order valence-electron chi connectivity index (χ1n) is 9.46. The summed E-state index contributed by atoms with van der Waals surface area (Å²) in [7, 11) is 0. The van der Waals surface area contributed by atoms with Gasteiger partial charge in [-0.1, -0.05) is 18.2 Å². The van der Waals surface area contributed by atoms with Crippen molar-refractivity contribution < 1.29 is 9.90 Å². The molecule has 2 aromatic heterocycles. The molecule has 1 unspecified atom stereocenters. The molecule has 144 valence electrons. The van der Waals surface area contributed by atoms with Crippen molar-refractivity contribution in [2.45, 2.75) is 38.8 Å². The Morgan fingerprint density at radius 2 is 2.00 bits per heavy atom. The predicted molar refractivity (Wildman–Crippen MR) is 107 cm³/mol. The number of aryl methyl sites for hydroxylation is 2. The zero-order chi connectivity index (χ0) is 19.8. The van der Waals surface area contributed by atoms with Gasteiger partial charge in [0, 0.05) is 17.3 Å². The molecule has 1 aliphatic rings. The number of aromatic nitrogens is 2. The minimum atomic E-state index is -0.413. The van der Waals surface area contributed by atoms with E-state index in [-0.39, 0.29) is 23.6 Å². The van der Waals surface area contributed by atoms with Crippen molar-refractivity contribution in [1.82, 2.24) is 15.3 Å². The lowest BCUT2D eigenvalue weighted by Gasteiger charge is -2.38. The second-order valence-electron chi connectivity index (χ2n) is 7.62. The van der Waals surface area contributed by atoms with Gasteiger partial charge in [0.05, 0.1) is 17.7 Å². The summed E-state index contributed by atoms with van der Waals surface area (Å²) in [5.41, 5.74) is 3.07. The number of carbonyl (C=O) groups is 1. The second kappa shape index (κ2) is 7.20. The van der Waals surface area contributed by atoms with E-state index in [1.807, 2.05) is 37.3 Å². The maximum absolute atomic E-state index is 12.9. The van der Waals surface area contributed by atoms with Crippen LogP contribution in [0.25, 0.3) is 10.9 Å². The van der Waals surface area contributed by atoms with Crippen molar-refractivity contribution >= 4 is 16.8 Å². The number of hydrogen-bond acceptors (Lipinski definition) is 4. The van der Waals surface area contributed by atoms with Gasteiger partial charge in [-0.2, -0.15) is 0 Å². The van der Waals surface area contributed by atoms with Gasteiger partial charge in [-0.3, -0.25) is 14.6 Å². The maximum atomic E-state index is 12.9. The first-order chi connectivity index (χ1) is 13.4. The topological polar surface area (TPSA) is 95.1 Å². The van der Waals surface area contributed by atoms with Crippen molar-refractivity contribution in [2.75, 3.05) is 0 Å². The van der Waals surface area contributed by atoms with E-state index in [9.17, 15) is 14.7 Å². The molecule has 3 aromatic rings. The molecule has 0 bridgehead atoms. The molecule has 6 nitrogen and oxygen atoms in total. The third-order valence-electron chi connectivity index (χ3n) is 5.62. The van der Waals surface area contributed by atoms with E-state index >= 15 is 0 Å². The summed E-state index contributed by atoms with van der Waals surface area (Å²) < 4.78 is 0. The average Bonchev–Trinajstić information content (AvgIpc) is 2.66. The molecule has 1 aliphatic carbocycles. The summed E-state index contributed by atoms with van der Waals surface area (Å²) >= 11 is 0. The average molecular weight is 377 g/mol. The van der Waals surface area contributed by atoms with Crippen LogP contribution in [0.3, 0.4) is 0 Å². The van der Waals surface area contributed by atoms with E-state index in [2.05, 4.69) is 15.3 Å². The van der Waals surface area contributed by atoms with Gasteiger partial charge in [0.15, 0.2) is 0 Å². The van der Waals surface area contributed by atoms with Gasteiger partial charge in [0.25, 0.3) is 11.5 Å². The fourth-order valence-electron chi connectivity index (χ4n) is 3.75. The van der Waals surface area contributed by atoms with Crippen LogP contribution in [0.2, 0.25) is 0 Å². The molecule has 6 heteroatoms. The zero-order valence-corrected chi connectivity index (χ0v) is 15.9. The molecule has 3 N–H and O–H groups in total. The van der Waals surface area contributed by atoms with Gasteiger partial charge in [-0.15, -0.1) is 0 Å². The highest BCUT2D eigenvalue weighted by atomic mass is 16.3. The van der Waals surface area contributed by atoms with Crippen LogP contribution in [0.1, 0.15) is 46.1 Å². The van der Waals surface area contributed by atoms with Crippen LogP contribution < -0.4 is 10.9 Å². The van der Waals surface area contributed by atoms with Gasteiger partial charge in [0.1, 0.15) is 5.56 Å². The molecule has 0 saturated heterocycles. The number of para-hydroxylation sites is 1. The zero-order valence-electron chi connectivity index (χ0n) is 15.9. The van der Waals surface area contributed by atoms with Gasteiger partial charge >= 0.3 is 0 Å². The number of benzene rings is 1. The molecular weight excluding hydrogens is 354 g/mol. The largest absolute Gasteiger partial charge is 0.393 e. The van der Waals surface area contributed by atoms with Crippen LogP contribution in [0, 0.1) is 19.8 Å². The Bertz CT molecular complexity index is 1100. The Hall–Kier alpha value is -2.99. The highest BCUT2D eigenvalue weighted by molar-refractivity contribution is 5.94. The highest BCUT2D eigenvalue weighted by Gasteiger charge is 2.36. The maximum Gasteiger partial charge on any atom is 0.261 e. The fraction of sp³-hybridized carbons (Fsp3) is 0.318. The van der Waals surface area contributed by atoms with Gasteiger partial charge in [0.2, 0.25) is 0 Å². The smallest absolute Gasteiger partial charge is 0.261 e. The number of carbonyl (C=O) groups excluding carboxylic acids is 1. The highest BCUT2D eigenvalue weighted by Crippen LogP contribution is 2.38. The molecule has 1 saturated carbocycles. The van der Waals surface area contributed by atoms with E-state index in [0.717, 1.165) is 27.7 Å². The van der Waals surface area contributed by atoms with Gasteiger partial charge in [-0.25, -0.2) is 0 Å². The Morgan fingerprint density at radius 1 is 1.25 bits per heavy atom. The lowest BCUT2D eigenvalue weighted by Crippen LogP contribution is -2.42. The number of aromatic amines is 1. The fourth-order valence-corrected chi connectivity index (χ4v) is 3.75. The first-order valence-corrected chi connectivity index (χ1v) is 9.46. The predicted octanol–water partition coefficient (Wildman–Crippen LogP) is 2.78. The number of aliphatic hydroxyl groups is 1. The Kier molecular flexibility index (Phi) is 4.73. The number of H-pyrrole nitrogens is 1. The summed E-state index contributed by atoms with van der Waals surface area (Å²) in [6, 6.07) is 11.1. The quantitative estimate of drug-likeness (QED) is 0.651. The normalized spacial score (nSPS) is 19.8. The van der Waals surface area contributed by atoms with Crippen LogP contribution in [0.5, 0.6) is 0 Å². The molecule has 1 atom stereocenters. The molecule has 1 fully saturated rings. The minimum Gasteiger partial charge on any atom is -0.393 e. The molecule has 28 heavy (non-hydrogen) atoms. The van der Waals surface area contributed by atoms with Gasteiger partial charge in [-0.05, 0) is 61.9 Å². The summed E-state index contributed by atoms with van der Waals surface area (Å²) in [5, 5.41) is 13.8. The number of fused-ring (bicyclic) bond motifs is 1. The van der Waals surface area contributed by atoms with E-state index in [1.165, 1.54) is 0 Å². The molecule has 1 amide bonds. The number of hydrogen-bond donors (Lipinski definition) is 3. The number of aliphatic hydroxyl groups excluding tert-OH is 1. The van der Waals surface area contributed by atoms with E-state index in [1.54, 1.807) is 19.2 Å². The first kappa shape index (κ1) is 18.4. The standard InChI is InChI=1S/C22H23N3O3/c1-12-7-18(21(27)24-13(12)2)22(28)25-20(15-9-17(26)10-15)16-8-14-5-3-4-6-19(14)23-11-16/h3-8,11,15,17,20,26H,9-10H2,1-2H3,(H,24,27)(H,25,28).